The lowest BCUT2D eigenvalue weighted by atomic mass is 10.2. The summed E-state index contributed by atoms with van der Waals surface area (Å²) in [6.45, 7) is 6.96. The molecule has 1 N–H and O–H groups in total. The van der Waals surface area contributed by atoms with Crippen molar-refractivity contribution in [3.8, 4) is 0 Å². The van der Waals surface area contributed by atoms with Crippen molar-refractivity contribution < 1.29 is 4.79 Å². The maximum Gasteiger partial charge on any atom is 0.174 e. The van der Waals surface area contributed by atoms with E-state index in [9.17, 15) is 4.79 Å². The summed E-state index contributed by atoms with van der Waals surface area (Å²) >= 11 is 1.58. The van der Waals surface area contributed by atoms with E-state index >= 15 is 0 Å². The highest BCUT2D eigenvalue weighted by Gasteiger charge is 2.07. The van der Waals surface area contributed by atoms with Gasteiger partial charge in [-0.25, -0.2) is 0 Å². The van der Waals surface area contributed by atoms with Crippen LogP contribution in [0.2, 0.25) is 0 Å². The van der Waals surface area contributed by atoms with Crippen molar-refractivity contribution >= 4 is 17.1 Å². The molecule has 0 saturated heterocycles. The Bertz CT molecular complexity index is 304. The molecule has 0 aliphatic rings. The molecular formula is C11H17NOS. The predicted octanol–water partition coefficient (Wildman–Crippen LogP) is 2.63. The van der Waals surface area contributed by atoms with Crippen LogP contribution in [0.3, 0.4) is 0 Å². The van der Waals surface area contributed by atoms with Crippen LogP contribution in [0, 0.1) is 6.92 Å². The number of Topliss-reactive ketones (excluding diaryl/α,β-unsaturated/α-hetero) is 1. The van der Waals surface area contributed by atoms with E-state index in [0.717, 1.165) is 11.4 Å². The molecule has 0 amide bonds. The molecule has 0 aliphatic heterocycles. The Balaban J connectivity index is 2.36. The molecule has 1 aromatic heterocycles. The van der Waals surface area contributed by atoms with Gasteiger partial charge in [-0.1, -0.05) is 13.8 Å². The van der Waals surface area contributed by atoms with Crippen molar-refractivity contribution in [1.82, 2.24) is 5.32 Å². The predicted molar refractivity (Wildman–Crippen MR) is 61.1 cm³/mol. The second-order valence-electron chi connectivity index (χ2n) is 3.69. The van der Waals surface area contributed by atoms with E-state index in [4.69, 9.17) is 0 Å². The molecule has 0 aliphatic carbocycles. The topological polar surface area (TPSA) is 29.1 Å². The van der Waals surface area contributed by atoms with E-state index in [1.54, 1.807) is 11.3 Å². The Labute approximate surface area is 89.3 Å². The van der Waals surface area contributed by atoms with Crippen LogP contribution < -0.4 is 5.32 Å². The van der Waals surface area contributed by atoms with Gasteiger partial charge in [0.25, 0.3) is 0 Å². The number of hydrogen-bond donors (Lipinski definition) is 1. The summed E-state index contributed by atoms with van der Waals surface area (Å²) in [5.74, 6) is 0.247. The van der Waals surface area contributed by atoms with Crippen LogP contribution in [0.4, 0.5) is 0 Å². The first-order chi connectivity index (χ1) is 6.59. The number of nitrogens with one attached hydrogen (secondary N) is 1. The zero-order valence-electron chi connectivity index (χ0n) is 8.96. The van der Waals surface area contributed by atoms with E-state index in [1.807, 2.05) is 19.1 Å². The fourth-order valence-electron chi connectivity index (χ4n) is 1.18. The highest BCUT2D eigenvalue weighted by atomic mass is 32.1. The van der Waals surface area contributed by atoms with Crippen LogP contribution >= 0.6 is 11.3 Å². The molecule has 1 rings (SSSR count). The summed E-state index contributed by atoms with van der Waals surface area (Å²) in [6.07, 6.45) is 0.595. The summed E-state index contributed by atoms with van der Waals surface area (Å²) in [5.41, 5.74) is 0. The molecule has 1 heterocycles. The van der Waals surface area contributed by atoms with E-state index in [0.29, 0.717) is 12.5 Å². The molecular weight excluding hydrogens is 194 g/mol. The van der Waals surface area contributed by atoms with E-state index < -0.39 is 0 Å². The number of carbonyl (C=O) groups excluding carboxylic acids is 1. The average Bonchev–Trinajstić information content (AvgIpc) is 2.51. The third kappa shape index (κ3) is 3.60. The average molecular weight is 211 g/mol. The number of aryl methyl sites for hydroxylation is 1. The lowest BCUT2D eigenvalue weighted by Crippen LogP contribution is -2.25. The Morgan fingerprint density at radius 2 is 2.21 bits per heavy atom. The molecule has 78 valence electrons. The van der Waals surface area contributed by atoms with Gasteiger partial charge in [-0.05, 0) is 19.1 Å². The monoisotopic (exact) mass is 211 g/mol. The first-order valence-electron chi connectivity index (χ1n) is 4.92. The smallest absolute Gasteiger partial charge is 0.174 e. The minimum atomic E-state index is 0.247. The first kappa shape index (κ1) is 11.4. The largest absolute Gasteiger partial charge is 0.314 e. The van der Waals surface area contributed by atoms with Crippen molar-refractivity contribution in [3.05, 3.63) is 21.9 Å². The molecule has 14 heavy (non-hydrogen) atoms. The van der Waals surface area contributed by atoms with Gasteiger partial charge in [-0.3, -0.25) is 4.79 Å². The van der Waals surface area contributed by atoms with Gasteiger partial charge in [-0.2, -0.15) is 0 Å². The second-order valence-corrected chi connectivity index (χ2v) is 4.98. The molecule has 0 unspecified atom stereocenters. The van der Waals surface area contributed by atoms with Gasteiger partial charge < -0.3 is 5.32 Å². The van der Waals surface area contributed by atoms with Gasteiger partial charge in [0, 0.05) is 23.9 Å². The lowest BCUT2D eigenvalue weighted by Gasteiger charge is -2.05. The van der Waals surface area contributed by atoms with Crippen LogP contribution in [-0.4, -0.2) is 18.4 Å². The normalized spacial score (nSPS) is 10.9. The molecule has 3 heteroatoms. The summed E-state index contributed by atoms with van der Waals surface area (Å²) in [6, 6.07) is 4.36. The van der Waals surface area contributed by atoms with Crippen molar-refractivity contribution in [2.45, 2.75) is 33.2 Å². The first-order valence-corrected chi connectivity index (χ1v) is 5.74. The van der Waals surface area contributed by atoms with Crippen molar-refractivity contribution in [1.29, 1.82) is 0 Å². The highest BCUT2D eigenvalue weighted by Crippen LogP contribution is 2.16. The van der Waals surface area contributed by atoms with Gasteiger partial charge in [0.2, 0.25) is 0 Å². The van der Waals surface area contributed by atoms with E-state index in [1.165, 1.54) is 4.88 Å². The quantitative estimate of drug-likeness (QED) is 0.759. The van der Waals surface area contributed by atoms with E-state index in [2.05, 4.69) is 19.2 Å². The zero-order valence-corrected chi connectivity index (χ0v) is 9.78. The summed E-state index contributed by atoms with van der Waals surface area (Å²) < 4.78 is 0. The van der Waals surface area contributed by atoms with Crippen molar-refractivity contribution in [2.24, 2.45) is 0 Å². The van der Waals surface area contributed by atoms with E-state index in [-0.39, 0.29) is 5.78 Å². The minimum Gasteiger partial charge on any atom is -0.314 e. The van der Waals surface area contributed by atoms with Gasteiger partial charge in [0.1, 0.15) is 0 Å². The van der Waals surface area contributed by atoms with Crippen molar-refractivity contribution in [2.75, 3.05) is 6.54 Å². The third-order valence-electron chi connectivity index (χ3n) is 1.92. The molecule has 1 aromatic rings. The molecule has 0 fully saturated rings. The highest BCUT2D eigenvalue weighted by molar-refractivity contribution is 7.14. The molecule has 2 nitrogen and oxygen atoms in total. The van der Waals surface area contributed by atoms with Crippen LogP contribution in [0.15, 0.2) is 12.1 Å². The molecule has 0 spiro atoms. The number of carbonyl (C=O) groups is 1. The van der Waals surface area contributed by atoms with Gasteiger partial charge in [-0.15, -0.1) is 11.3 Å². The van der Waals surface area contributed by atoms with Crippen LogP contribution in [-0.2, 0) is 0 Å². The summed E-state index contributed by atoms with van der Waals surface area (Å²) in [7, 11) is 0. The number of thiophene rings is 1. The van der Waals surface area contributed by atoms with Crippen LogP contribution in [0.1, 0.15) is 34.8 Å². The Kier molecular flexibility index (Phi) is 4.29. The second kappa shape index (κ2) is 5.27. The lowest BCUT2D eigenvalue weighted by molar-refractivity contribution is 0.0986. The number of ketones is 1. The molecule has 0 radical (unpaired) electrons. The number of hydrogen-bond acceptors (Lipinski definition) is 3. The maximum absolute atomic E-state index is 11.6. The molecule has 0 atom stereocenters. The summed E-state index contributed by atoms with van der Waals surface area (Å²) in [5, 5.41) is 3.24. The van der Waals surface area contributed by atoms with Gasteiger partial charge in [0.05, 0.1) is 4.88 Å². The fraction of sp³-hybridized carbons (Fsp3) is 0.545. The molecule has 0 aromatic carbocycles. The fourth-order valence-corrected chi connectivity index (χ4v) is 2.02. The van der Waals surface area contributed by atoms with Gasteiger partial charge >= 0.3 is 0 Å². The van der Waals surface area contributed by atoms with Gasteiger partial charge in [0.15, 0.2) is 5.78 Å². The van der Waals surface area contributed by atoms with Crippen molar-refractivity contribution in [3.63, 3.8) is 0 Å². The minimum absolute atomic E-state index is 0.247. The molecule has 0 bridgehead atoms. The standard InChI is InChI=1S/C11H17NOS/c1-8(2)12-7-6-10(13)11-5-4-9(3)14-11/h4-5,8,12H,6-7H2,1-3H3. The Morgan fingerprint density at radius 1 is 1.50 bits per heavy atom. The maximum atomic E-state index is 11.6. The Morgan fingerprint density at radius 3 is 2.71 bits per heavy atom. The SMILES string of the molecule is Cc1ccc(C(=O)CCNC(C)C)s1. The zero-order chi connectivity index (χ0) is 10.6. The third-order valence-corrected chi connectivity index (χ3v) is 2.96. The number of rotatable bonds is 5. The Hall–Kier alpha value is -0.670. The van der Waals surface area contributed by atoms with Crippen LogP contribution in [0.5, 0.6) is 0 Å². The van der Waals surface area contributed by atoms with Crippen LogP contribution in [0.25, 0.3) is 0 Å². The summed E-state index contributed by atoms with van der Waals surface area (Å²) in [4.78, 5) is 13.7. The molecule has 0 saturated carbocycles.